The van der Waals surface area contributed by atoms with Crippen LogP contribution < -0.4 is 4.74 Å². The molecular weight excluding hydrogens is 176 g/mol. The summed E-state index contributed by atoms with van der Waals surface area (Å²) in [6.45, 7) is 4.36. The van der Waals surface area contributed by atoms with Gasteiger partial charge >= 0.3 is 5.97 Å². The number of fused-ring (bicyclic) bond motifs is 1. The molecule has 1 aromatic carbocycles. The highest BCUT2D eigenvalue weighted by Crippen LogP contribution is 2.27. The van der Waals surface area contributed by atoms with E-state index in [1.54, 1.807) is 0 Å². The van der Waals surface area contributed by atoms with Crippen molar-refractivity contribution in [2.75, 3.05) is 0 Å². The fourth-order valence-corrected chi connectivity index (χ4v) is 1.75. The minimum atomic E-state index is -0.137. The van der Waals surface area contributed by atoms with Crippen molar-refractivity contribution in [1.82, 2.24) is 0 Å². The molecule has 2 nitrogen and oxygen atoms in total. The highest BCUT2D eigenvalue weighted by atomic mass is 16.5. The van der Waals surface area contributed by atoms with Crippen molar-refractivity contribution in [3.05, 3.63) is 29.3 Å². The summed E-state index contributed by atoms with van der Waals surface area (Å²) in [4.78, 5) is 11.0. The van der Waals surface area contributed by atoms with Gasteiger partial charge in [-0.3, -0.25) is 4.79 Å². The average Bonchev–Trinajstić information content (AvgIpc) is 2.42. The minimum Gasteiger partial charge on any atom is -0.426 e. The molecule has 0 fully saturated rings. The zero-order valence-corrected chi connectivity index (χ0v) is 8.54. The quantitative estimate of drug-likeness (QED) is 0.528. The van der Waals surface area contributed by atoms with Crippen LogP contribution in [0, 0.1) is 5.92 Å². The van der Waals surface area contributed by atoms with Gasteiger partial charge in [-0.15, -0.1) is 0 Å². The van der Waals surface area contributed by atoms with E-state index in [2.05, 4.69) is 19.9 Å². The molecule has 74 valence electrons. The number of ether oxygens (including phenoxy) is 1. The topological polar surface area (TPSA) is 26.3 Å². The lowest BCUT2D eigenvalue weighted by molar-refractivity contribution is -0.131. The molecule has 2 rings (SSSR count). The van der Waals surface area contributed by atoms with Gasteiger partial charge in [0.25, 0.3) is 0 Å². The first kappa shape index (κ1) is 9.25. The molecule has 0 aliphatic carbocycles. The highest BCUT2D eigenvalue weighted by Gasteiger charge is 2.20. The van der Waals surface area contributed by atoms with Crippen LogP contribution >= 0.6 is 0 Å². The number of hydrogen-bond donors (Lipinski definition) is 0. The Kier molecular flexibility index (Phi) is 2.28. The lowest BCUT2D eigenvalue weighted by Gasteiger charge is -2.05. The number of carbonyl (C=O) groups is 1. The fourth-order valence-electron chi connectivity index (χ4n) is 1.75. The van der Waals surface area contributed by atoms with Crippen LogP contribution in [0.1, 0.15) is 25.0 Å². The van der Waals surface area contributed by atoms with Crippen molar-refractivity contribution in [1.29, 1.82) is 0 Å². The minimum absolute atomic E-state index is 0.137. The molecule has 1 aliphatic rings. The van der Waals surface area contributed by atoms with E-state index >= 15 is 0 Å². The summed E-state index contributed by atoms with van der Waals surface area (Å²) in [7, 11) is 0. The van der Waals surface area contributed by atoms with Gasteiger partial charge < -0.3 is 4.74 Å². The van der Waals surface area contributed by atoms with Crippen molar-refractivity contribution in [2.45, 2.75) is 26.7 Å². The molecule has 0 aromatic heterocycles. The molecule has 0 unspecified atom stereocenters. The summed E-state index contributed by atoms with van der Waals surface area (Å²) in [5, 5.41) is 0. The first-order valence-corrected chi connectivity index (χ1v) is 4.97. The molecule has 0 spiro atoms. The van der Waals surface area contributed by atoms with Gasteiger partial charge in [0.1, 0.15) is 5.75 Å². The maximum absolute atomic E-state index is 11.0. The van der Waals surface area contributed by atoms with E-state index < -0.39 is 0 Å². The van der Waals surface area contributed by atoms with E-state index in [1.807, 2.05) is 12.1 Å². The molecule has 1 heterocycles. The van der Waals surface area contributed by atoms with E-state index in [9.17, 15) is 4.79 Å². The zero-order chi connectivity index (χ0) is 10.1. The predicted molar refractivity (Wildman–Crippen MR) is 54.3 cm³/mol. The van der Waals surface area contributed by atoms with Gasteiger partial charge in [-0.1, -0.05) is 26.0 Å². The SMILES string of the molecule is CC(C)Cc1ccc2c(c1)OC(=O)C2. The zero-order valence-electron chi connectivity index (χ0n) is 8.54. The number of rotatable bonds is 2. The van der Waals surface area contributed by atoms with E-state index in [0.29, 0.717) is 12.3 Å². The Labute approximate surface area is 83.9 Å². The van der Waals surface area contributed by atoms with Gasteiger partial charge in [-0.05, 0) is 24.0 Å². The van der Waals surface area contributed by atoms with Gasteiger partial charge in [-0.25, -0.2) is 0 Å². The molecule has 14 heavy (non-hydrogen) atoms. The van der Waals surface area contributed by atoms with Crippen molar-refractivity contribution < 1.29 is 9.53 Å². The molecule has 1 aromatic rings. The monoisotopic (exact) mass is 190 g/mol. The molecule has 0 N–H and O–H groups in total. The Bertz CT molecular complexity index is 367. The van der Waals surface area contributed by atoms with E-state index in [1.165, 1.54) is 5.56 Å². The molecule has 2 heteroatoms. The third kappa shape index (κ3) is 1.79. The van der Waals surface area contributed by atoms with Crippen LogP contribution in [0.25, 0.3) is 0 Å². The maximum Gasteiger partial charge on any atom is 0.315 e. The van der Waals surface area contributed by atoms with Gasteiger partial charge in [0.15, 0.2) is 0 Å². The second kappa shape index (κ2) is 3.45. The molecule has 0 radical (unpaired) electrons. The van der Waals surface area contributed by atoms with Crippen molar-refractivity contribution in [2.24, 2.45) is 5.92 Å². The van der Waals surface area contributed by atoms with Crippen LogP contribution in [0.3, 0.4) is 0 Å². The number of benzene rings is 1. The first-order chi connectivity index (χ1) is 6.65. The standard InChI is InChI=1S/C12H14O2/c1-8(2)5-9-3-4-10-7-12(13)14-11(10)6-9/h3-4,6,8H,5,7H2,1-2H3. The van der Waals surface area contributed by atoms with E-state index in [0.717, 1.165) is 17.7 Å². The molecular formula is C12H14O2. The molecule has 0 atom stereocenters. The molecule has 0 bridgehead atoms. The summed E-state index contributed by atoms with van der Waals surface area (Å²) < 4.78 is 5.09. The normalized spacial score (nSPS) is 14.4. The first-order valence-electron chi connectivity index (χ1n) is 4.97. The number of carbonyl (C=O) groups excluding carboxylic acids is 1. The van der Waals surface area contributed by atoms with Crippen LogP contribution in [0.4, 0.5) is 0 Å². The summed E-state index contributed by atoms with van der Waals surface area (Å²) in [5.74, 6) is 1.25. The Balaban J connectivity index is 2.24. The second-order valence-corrected chi connectivity index (χ2v) is 4.19. The van der Waals surface area contributed by atoms with Crippen LogP contribution in [0.15, 0.2) is 18.2 Å². The van der Waals surface area contributed by atoms with Gasteiger partial charge in [0.2, 0.25) is 0 Å². The summed E-state index contributed by atoms with van der Waals surface area (Å²) in [6.07, 6.45) is 1.46. The Morgan fingerprint density at radius 1 is 1.43 bits per heavy atom. The van der Waals surface area contributed by atoms with Crippen LogP contribution in [-0.2, 0) is 17.6 Å². The van der Waals surface area contributed by atoms with Gasteiger partial charge in [0.05, 0.1) is 6.42 Å². The Hall–Kier alpha value is -1.31. The van der Waals surface area contributed by atoms with Crippen LogP contribution in [-0.4, -0.2) is 5.97 Å². The van der Waals surface area contributed by atoms with Crippen molar-refractivity contribution in [3.63, 3.8) is 0 Å². The summed E-state index contributed by atoms with van der Waals surface area (Å²) in [5.41, 5.74) is 2.26. The van der Waals surface area contributed by atoms with Gasteiger partial charge in [-0.2, -0.15) is 0 Å². The lowest BCUT2D eigenvalue weighted by Crippen LogP contribution is -2.00. The Morgan fingerprint density at radius 3 is 2.93 bits per heavy atom. The number of hydrogen-bond acceptors (Lipinski definition) is 2. The van der Waals surface area contributed by atoms with Crippen molar-refractivity contribution >= 4 is 5.97 Å². The second-order valence-electron chi connectivity index (χ2n) is 4.19. The smallest absolute Gasteiger partial charge is 0.315 e. The van der Waals surface area contributed by atoms with Gasteiger partial charge in [0, 0.05) is 5.56 Å². The van der Waals surface area contributed by atoms with Crippen LogP contribution in [0.2, 0.25) is 0 Å². The summed E-state index contributed by atoms with van der Waals surface area (Å²) >= 11 is 0. The maximum atomic E-state index is 11.0. The van der Waals surface area contributed by atoms with E-state index in [4.69, 9.17) is 4.74 Å². The predicted octanol–water partition coefficient (Wildman–Crippen LogP) is 2.35. The van der Waals surface area contributed by atoms with Crippen molar-refractivity contribution in [3.8, 4) is 5.75 Å². The molecule has 0 saturated carbocycles. The lowest BCUT2D eigenvalue weighted by atomic mass is 10.0. The average molecular weight is 190 g/mol. The molecule has 0 amide bonds. The number of esters is 1. The highest BCUT2D eigenvalue weighted by molar-refractivity contribution is 5.81. The molecule has 0 saturated heterocycles. The molecule has 1 aliphatic heterocycles. The third-order valence-electron chi connectivity index (χ3n) is 2.33. The Morgan fingerprint density at radius 2 is 2.21 bits per heavy atom. The summed E-state index contributed by atoms with van der Waals surface area (Å²) in [6, 6.07) is 6.07. The fraction of sp³-hybridized carbons (Fsp3) is 0.417. The third-order valence-corrected chi connectivity index (χ3v) is 2.33. The van der Waals surface area contributed by atoms with Crippen LogP contribution in [0.5, 0.6) is 5.75 Å². The largest absolute Gasteiger partial charge is 0.426 e. The van der Waals surface area contributed by atoms with E-state index in [-0.39, 0.29) is 5.97 Å².